The normalized spacial score (nSPS) is 20.6. The molecule has 2 aliphatic rings. The fourth-order valence-electron chi connectivity index (χ4n) is 6.25. The Morgan fingerprint density at radius 3 is 2.69 bits per heavy atom. The number of fused-ring (bicyclic) bond motifs is 2. The van der Waals surface area contributed by atoms with Gasteiger partial charge in [-0.3, -0.25) is 9.59 Å². The Bertz CT molecular complexity index is 1410. The number of amides is 1. The zero-order valence-electron chi connectivity index (χ0n) is 22.5. The molecule has 3 atom stereocenters. The molecule has 0 saturated heterocycles. The highest BCUT2D eigenvalue weighted by Gasteiger charge is 2.68. The zero-order chi connectivity index (χ0) is 27.4. The highest BCUT2D eigenvalue weighted by Crippen LogP contribution is 2.66. The summed E-state index contributed by atoms with van der Waals surface area (Å²) < 4.78 is 11.1. The van der Waals surface area contributed by atoms with E-state index in [4.69, 9.17) is 9.47 Å². The van der Waals surface area contributed by atoms with Crippen LogP contribution in [-0.4, -0.2) is 18.5 Å². The van der Waals surface area contributed by atoms with Crippen LogP contribution in [0, 0.1) is 23.2 Å². The monoisotopic (exact) mass is 522 g/mol. The van der Waals surface area contributed by atoms with Crippen molar-refractivity contribution in [3.05, 3.63) is 94.5 Å². The Balaban J connectivity index is 1.30. The molecular weight excluding hydrogens is 488 g/mol. The molecule has 5 rings (SSSR count). The predicted molar refractivity (Wildman–Crippen MR) is 149 cm³/mol. The largest absolute Gasteiger partial charge is 0.489 e. The van der Waals surface area contributed by atoms with Gasteiger partial charge in [-0.1, -0.05) is 49.4 Å². The van der Waals surface area contributed by atoms with E-state index in [9.17, 15) is 14.9 Å². The van der Waals surface area contributed by atoms with Gasteiger partial charge in [0.25, 0.3) is 0 Å². The number of esters is 1. The molecule has 1 N–H and O–H groups in total. The van der Waals surface area contributed by atoms with Gasteiger partial charge < -0.3 is 14.8 Å². The number of aryl methyl sites for hydroxylation is 2. The van der Waals surface area contributed by atoms with Crippen LogP contribution in [0.25, 0.3) is 0 Å². The van der Waals surface area contributed by atoms with E-state index in [2.05, 4.69) is 30.4 Å². The number of benzene rings is 3. The first-order chi connectivity index (χ1) is 19.0. The molecule has 3 aromatic carbocycles. The Labute approximate surface area is 230 Å². The molecule has 2 unspecified atom stereocenters. The standard InChI is InChI=1S/C33H34N2O4/c1-3-38-30(36)11-7-10-26-13-12-24(20-34)18-29(26)35-32(37)31-22(2)33(31)17-16-25-14-15-27(19-28(25)33)39-21-23-8-5-4-6-9-23/h4-6,8-9,12-15,18-19,22,31H,3,7,10-11,16-17,21H2,1-2H3,(H,35,37)/t22?,31?,33-/m0/s1. The van der Waals surface area contributed by atoms with Gasteiger partial charge in [-0.15, -0.1) is 0 Å². The molecule has 6 heteroatoms. The molecule has 2 aliphatic carbocycles. The van der Waals surface area contributed by atoms with E-state index in [-0.39, 0.29) is 29.1 Å². The van der Waals surface area contributed by atoms with Gasteiger partial charge in [-0.2, -0.15) is 5.26 Å². The Morgan fingerprint density at radius 1 is 1.10 bits per heavy atom. The van der Waals surface area contributed by atoms with Gasteiger partial charge in [0.2, 0.25) is 5.91 Å². The van der Waals surface area contributed by atoms with Crippen molar-refractivity contribution in [2.45, 2.75) is 58.0 Å². The van der Waals surface area contributed by atoms with E-state index in [1.165, 1.54) is 11.1 Å². The van der Waals surface area contributed by atoms with Crippen molar-refractivity contribution in [3.63, 3.8) is 0 Å². The van der Waals surface area contributed by atoms with Crippen molar-refractivity contribution in [2.75, 3.05) is 11.9 Å². The lowest BCUT2D eigenvalue weighted by Gasteiger charge is -2.16. The van der Waals surface area contributed by atoms with Crippen LogP contribution in [0.1, 0.15) is 60.9 Å². The fraction of sp³-hybridized carbons (Fsp3) is 0.364. The molecular formula is C33H34N2O4. The topological polar surface area (TPSA) is 88.4 Å². The minimum Gasteiger partial charge on any atom is -0.489 e. The van der Waals surface area contributed by atoms with E-state index in [0.29, 0.717) is 43.7 Å². The fourth-order valence-corrected chi connectivity index (χ4v) is 6.25. The van der Waals surface area contributed by atoms with E-state index in [1.54, 1.807) is 19.1 Å². The molecule has 200 valence electrons. The summed E-state index contributed by atoms with van der Waals surface area (Å²) in [6, 6.07) is 23.9. The maximum absolute atomic E-state index is 13.7. The second-order valence-corrected chi connectivity index (χ2v) is 10.5. The van der Waals surface area contributed by atoms with Crippen molar-refractivity contribution in [3.8, 4) is 11.8 Å². The van der Waals surface area contributed by atoms with Crippen LogP contribution < -0.4 is 10.1 Å². The molecule has 1 fully saturated rings. The molecule has 0 aliphatic heterocycles. The summed E-state index contributed by atoms with van der Waals surface area (Å²) in [5.74, 6) is 0.628. The van der Waals surface area contributed by atoms with Crippen LogP contribution in [0.3, 0.4) is 0 Å². The van der Waals surface area contributed by atoms with Crippen molar-refractivity contribution in [1.29, 1.82) is 5.26 Å². The first kappa shape index (κ1) is 26.5. The van der Waals surface area contributed by atoms with Crippen molar-refractivity contribution >= 4 is 17.6 Å². The maximum atomic E-state index is 13.7. The molecule has 6 nitrogen and oxygen atoms in total. The van der Waals surface area contributed by atoms with Crippen LogP contribution >= 0.6 is 0 Å². The summed E-state index contributed by atoms with van der Waals surface area (Å²) in [6.45, 7) is 4.81. The van der Waals surface area contributed by atoms with Gasteiger partial charge in [0, 0.05) is 17.5 Å². The molecule has 0 aromatic heterocycles. The highest BCUT2D eigenvalue weighted by molar-refractivity contribution is 5.97. The van der Waals surface area contributed by atoms with Crippen LogP contribution in [0.5, 0.6) is 5.75 Å². The molecule has 0 heterocycles. The lowest BCUT2D eigenvalue weighted by atomic mass is 9.93. The second-order valence-electron chi connectivity index (χ2n) is 10.5. The smallest absolute Gasteiger partial charge is 0.305 e. The van der Waals surface area contributed by atoms with E-state index >= 15 is 0 Å². The van der Waals surface area contributed by atoms with Gasteiger partial charge in [-0.05, 0) is 85.0 Å². The van der Waals surface area contributed by atoms with Gasteiger partial charge in [0.1, 0.15) is 12.4 Å². The quantitative estimate of drug-likeness (QED) is 0.325. The third kappa shape index (κ3) is 5.40. The second kappa shape index (κ2) is 11.3. The summed E-state index contributed by atoms with van der Waals surface area (Å²) in [4.78, 5) is 25.4. The number of rotatable bonds is 10. The Morgan fingerprint density at radius 2 is 1.92 bits per heavy atom. The predicted octanol–water partition coefficient (Wildman–Crippen LogP) is 6.11. The number of ether oxygens (including phenoxy) is 2. The number of nitriles is 1. The van der Waals surface area contributed by atoms with Crippen LogP contribution in [0.4, 0.5) is 5.69 Å². The van der Waals surface area contributed by atoms with Gasteiger partial charge in [0.15, 0.2) is 0 Å². The average Bonchev–Trinajstić information content (AvgIpc) is 3.37. The lowest BCUT2D eigenvalue weighted by molar-refractivity contribution is -0.143. The summed E-state index contributed by atoms with van der Waals surface area (Å²) in [7, 11) is 0. The maximum Gasteiger partial charge on any atom is 0.305 e. The van der Waals surface area contributed by atoms with Crippen molar-refractivity contribution < 1.29 is 19.1 Å². The number of carbonyl (C=O) groups excluding carboxylic acids is 2. The molecule has 39 heavy (non-hydrogen) atoms. The Kier molecular flexibility index (Phi) is 7.70. The van der Waals surface area contributed by atoms with Gasteiger partial charge >= 0.3 is 5.97 Å². The Hall–Kier alpha value is -4.11. The minimum atomic E-state index is -0.225. The molecule has 0 bridgehead atoms. The van der Waals surface area contributed by atoms with Gasteiger partial charge in [-0.25, -0.2) is 0 Å². The van der Waals surface area contributed by atoms with Crippen LogP contribution in [-0.2, 0) is 39.2 Å². The summed E-state index contributed by atoms with van der Waals surface area (Å²) in [6.07, 6.45) is 3.42. The van der Waals surface area contributed by atoms with Crippen LogP contribution in [0.2, 0.25) is 0 Å². The van der Waals surface area contributed by atoms with E-state index < -0.39 is 0 Å². The molecule has 1 spiro atoms. The lowest BCUT2D eigenvalue weighted by Crippen LogP contribution is -2.20. The average molecular weight is 523 g/mol. The number of nitrogens with zero attached hydrogens (tertiary/aromatic N) is 1. The minimum absolute atomic E-state index is 0.0207. The van der Waals surface area contributed by atoms with Crippen molar-refractivity contribution in [1.82, 2.24) is 0 Å². The summed E-state index contributed by atoms with van der Waals surface area (Å²) in [5.41, 5.74) is 5.48. The number of anilines is 1. The molecule has 0 radical (unpaired) electrons. The third-order valence-corrected chi connectivity index (χ3v) is 8.31. The first-order valence-corrected chi connectivity index (χ1v) is 13.8. The van der Waals surface area contributed by atoms with Crippen LogP contribution in [0.15, 0.2) is 66.7 Å². The SMILES string of the molecule is CCOC(=O)CCCc1ccc(C#N)cc1NC(=O)C1C(C)[C@]12CCc1ccc(OCc3ccccc3)cc12. The molecule has 3 aromatic rings. The summed E-state index contributed by atoms with van der Waals surface area (Å²) >= 11 is 0. The van der Waals surface area contributed by atoms with E-state index in [0.717, 1.165) is 29.7 Å². The zero-order valence-corrected chi connectivity index (χ0v) is 22.5. The highest BCUT2D eigenvalue weighted by atomic mass is 16.5. The summed E-state index contributed by atoms with van der Waals surface area (Å²) in [5, 5.41) is 12.6. The first-order valence-electron chi connectivity index (χ1n) is 13.8. The number of carbonyl (C=O) groups is 2. The number of hydrogen-bond acceptors (Lipinski definition) is 5. The third-order valence-electron chi connectivity index (χ3n) is 8.31. The molecule has 1 saturated carbocycles. The number of hydrogen-bond donors (Lipinski definition) is 1. The molecule has 1 amide bonds. The number of nitrogens with one attached hydrogen (secondary N) is 1. The van der Waals surface area contributed by atoms with Crippen molar-refractivity contribution in [2.24, 2.45) is 11.8 Å². The van der Waals surface area contributed by atoms with Gasteiger partial charge in [0.05, 0.1) is 24.2 Å². The van der Waals surface area contributed by atoms with E-state index in [1.807, 2.05) is 42.5 Å².